The van der Waals surface area contributed by atoms with Crippen LogP contribution >= 0.6 is 0 Å². The Hall–Kier alpha value is -1.90. The Morgan fingerprint density at radius 1 is 1.52 bits per heavy atom. The number of aromatic nitrogens is 1. The zero-order valence-electron chi connectivity index (χ0n) is 12.3. The molecule has 1 heterocycles. The molecule has 5 nitrogen and oxygen atoms in total. The van der Waals surface area contributed by atoms with Crippen molar-refractivity contribution in [1.29, 1.82) is 0 Å². The van der Waals surface area contributed by atoms with Gasteiger partial charge >= 0.3 is 0 Å². The standard InChI is InChI=1S/C16H21N3O2/c1-19(7-8-21-12-13-4-5-13)16(20)15-9-14(3-2-6-17)10-18-11-15/h9-11,13H,4-8,12,17H2,1H3. The van der Waals surface area contributed by atoms with Crippen molar-refractivity contribution < 1.29 is 9.53 Å². The highest BCUT2D eigenvalue weighted by molar-refractivity contribution is 5.94. The highest BCUT2D eigenvalue weighted by atomic mass is 16.5. The molecule has 1 saturated carbocycles. The van der Waals surface area contributed by atoms with Crippen LogP contribution < -0.4 is 5.73 Å². The summed E-state index contributed by atoms with van der Waals surface area (Å²) in [7, 11) is 1.76. The van der Waals surface area contributed by atoms with Gasteiger partial charge in [0.15, 0.2) is 0 Å². The number of hydrogen-bond acceptors (Lipinski definition) is 4. The van der Waals surface area contributed by atoms with E-state index in [2.05, 4.69) is 16.8 Å². The summed E-state index contributed by atoms with van der Waals surface area (Å²) in [6, 6.07) is 1.74. The fraction of sp³-hybridized carbons (Fsp3) is 0.500. The van der Waals surface area contributed by atoms with Crippen LogP contribution in [0, 0.1) is 17.8 Å². The molecule has 0 aromatic carbocycles. The maximum absolute atomic E-state index is 12.3. The molecule has 1 aromatic heterocycles. The first-order chi connectivity index (χ1) is 10.2. The van der Waals surface area contributed by atoms with Gasteiger partial charge in [0.2, 0.25) is 0 Å². The second-order valence-corrected chi connectivity index (χ2v) is 5.21. The minimum absolute atomic E-state index is 0.0751. The van der Waals surface area contributed by atoms with Crippen molar-refractivity contribution in [2.24, 2.45) is 11.7 Å². The summed E-state index contributed by atoms with van der Waals surface area (Å²) in [6.07, 6.45) is 5.73. The fourth-order valence-corrected chi connectivity index (χ4v) is 1.84. The maximum Gasteiger partial charge on any atom is 0.255 e. The van der Waals surface area contributed by atoms with Gasteiger partial charge in [-0.15, -0.1) is 0 Å². The molecule has 5 heteroatoms. The molecule has 2 N–H and O–H groups in total. The summed E-state index contributed by atoms with van der Waals surface area (Å²) in [5, 5.41) is 0. The molecule has 0 atom stereocenters. The summed E-state index contributed by atoms with van der Waals surface area (Å²) in [5.41, 5.74) is 6.56. The number of carbonyl (C=O) groups excluding carboxylic acids is 1. The summed E-state index contributed by atoms with van der Waals surface area (Å²) in [5.74, 6) is 6.30. The second kappa shape index (κ2) is 7.77. The molecular formula is C16H21N3O2. The van der Waals surface area contributed by atoms with Crippen molar-refractivity contribution in [3.63, 3.8) is 0 Å². The van der Waals surface area contributed by atoms with Crippen molar-refractivity contribution >= 4 is 5.91 Å². The smallest absolute Gasteiger partial charge is 0.255 e. The first kappa shape index (κ1) is 15.5. The molecule has 2 rings (SSSR count). The van der Waals surface area contributed by atoms with Crippen LogP contribution in [0.15, 0.2) is 18.5 Å². The number of hydrogen-bond donors (Lipinski definition) is 1. The molecule has 21 heavy (non-hydrogen) atoms. The number of pyridine rings is 1. The molecule has 1 aliphatic rings. The minimum atomic E-state index is -0.0751. The second-order valence-electron chi connectivity index (χ2n) is 5.21. The highest BCUT2D eigenvalue weighted by Crippen LogP contribution is 2.28. The number of amides is 1. The van der Waals surface area contributed by atoms with Gasteiger partial charge in [-0.3, -0.25) is 9.78 Å². The lowest BCUT2D eigenvalue weighted by molar-refractivity contribution is 0.0680. The topological polar surface area (TPSA) is 68.5 Å². The molecule has 0 radical (unpaired) electrons. The van der Waals surface area contributed by atoms with Crippen molar-refractivity contribution in [3.8, 4) is 11.8 Å². The number of rotatable bonds is 6. The molecular weight excluding hydrogens is 266 g/mol. The van der Waals surface area contributed by atoms with Gasteiger partial charge in [0.1, 0.15) is 0 Å². The predicted molar refractivity (Wildman–Crippen MR) is 80.7 cm³/mol. The maximum atomic E-state index is 12.3. The van der Waals surface area contributed by atoms with Crippen LogP contribution in [0.5, 0.6) is 0 Å². The Kier molecular flexibility index (Phi) is 5.73. The Bertz CT molecular complexity index is 544. The molecule has 1 fully saturated rings. The number of nitrogens with two attached hydrogens (primary N) is 1. The predicted octanol–water partition coefficient (Wildman–Crippen LogP) is 0.890. The van der Waals surface area contributed by atoms with E-state index in [1.807, 2.05) is 0 Å². The SMILES string of the molecule is CN(CCOCC1CC1)C(=O)c1cncc(C#CCN)c1. The Balaban J connectivity index is 1.85. The lowest BCUT2D eigenvalue weighted by Crippen LogP contribution is -2.30. The van der Waals surface area contributed by atoms with Crippen molar-refractivity contribution in [2.45, 2.75) is 12.8 Å². The largest absolute Gasteiger partial charge is 0.379 e. The summed E-state index contributed by atoms with van der Waals surface area (Å²) < 4.78 is 5.55. The Morgan fingerprint density at radius 3 is 3.05 bits per heavy atom. The van der Waals surface area contributed by atoms with Crippen molar-refractivity contribution in [1.82, 2.24) is 9.88 Å². The van der Waals surface area contributed by atoms with Gasteiger partial charge in [-0.05, 0) is 24.8 Å². The van der Waals surface area contributed by atoms with E-state index >= 15 is 0 Å². The number of likely N-dealkylation sites (N-methyl/N-ethyl adjacent to an activating group) is 1. The van der Waals surface area contributed by atoms with E-state index in [9.17, 15) is 4.79 Å². The molecule has 112 valence electrons. The number of carbonyl (C=O) groups is 1. The van der Waals surface area contributed by atoms with Crippen LogP contribution in [0.3, 0.4) is 0 Å². The zero-order valence-corrected chi connectivity index (χ0v) is 12.3. The van der Waals surface area contributed by atoms with Crippen LogP contribution in [-0.4, -0.2) is 49.1 Å². The van der Waals surface area contributed by atoms with Gasteiger partial charge in [0, 0.05) is 38.2 Å². The van der Waals surface area contributed by atoms with E-state index in [-0.39, 0.29) is 12.5 Å². The monoisotopic (exact) mass is 287 g/mol. The van der Waals surface area contributed by atoms with E-state index in [1.165, 1.54) is 12.8 Å². The fourth-order valence-electron chi connectivity index (χ4n) is 1.84. The average Bonchev–Trinajstić information content (AvgIpc) is 3.33. The summed E-state index contributed by atoms with van der Waals surface area (Å²) in [6.45, 7) is 2.24. The first-order valence-electron chi connectivity index (χ1n) is 7.18. The molecule has 0 bridgehead atoms. The van der Waals surface area contributed by atoms with Gasteiger partial charge in [0.25, 0.3) is 5.91 Å². The normalized spacial score (nSPS) is 13.4. The van der Waals surface area contributed by atoms with Crippen LogP contribution in [-0.2, 0) is 4.74 Å². The molecule has 1 aliphatic carbocycles. The molecule has 0 aliphatic heterocycles. The summed E-state index contributed by atoms with van der Waals surface area (Å²) in [4.78, 5) is 18.0. The Labute approximate surface area is 125 Å². The molecule has 0 unspecified atom stereocenters. The minimum Gasteiger partial charge on any atom is -0.379 e. The molecule has 1 amide bonds. The number of ether oxygens (including phenoxy) is 1. The van der Waals surface area contributed by atoms with E-state index in [0.29, 0.717) is 24.3 Å². The van der Waals surface area contributed by atoms with Crippen LogP contribution in [0.2, 0.25) is 0 Å². The van der Waals surface area contributed by atoms with Gasteiger partial charge < -0.3 is 15.4 Å². The highest BCUT2D eigenvalue weighted by Gasteiger charge is 2.21. The van der Waals surface area contributed by atoms with Gasteiger partial charge in [0.05, 0.1) is 18.7 Å². The van der Waals surface area contributed by atoms with Crippen LogP contribution in [0.4, 0.5) is 0 Å². The third-order valence-corrected chi connectivity index (χ3v) is 3.29. The van der Waals surface area contributed by atoms with Crippen molar-refractivity contribution in [2.75, 3.05) is 33.4 Å². The average molecular weight is 287 g/mol. The lowest BCUT2D eigenvalue weighted by atomic mass is 10.2. The van der Waals surface area contributed by atoms with Gasteiger partial charge in [-0.25, -0.2) is 0 Å². The summed E-state index contributed by atoms with van der Waals surface area (Å²) >= 11 is 0. The zero-order chi connectivity index (χ0) is 15.1. The van der Waals surface area contributed by atoms with Gasteiger partial charge in [-0.1, -0.05) is 11.8 Å². The first-order valence-corrected chi connectivity index (χ1v) is 7.18. The van der Waals surface area contributed by atoms with E-state index in [0.717, 1.165) is 12.5 Å². The van der Waals surface area contributed by atoms with Crippen molar-refractivity contribution in [3.05, 3.63) is 29.6 Å². The van der Waals surface area contributed by atoms with Crippen LogP contribution in [0.1, 0.15) is 28.8 Å². The molecule has 1 aromatic rings. The van der Waals surface area contributed by atoms with E-state index < -0.39 is 0 Å². The lowest BCUT2D eigenvalue weighted by Gasteiger charge is -2.17. The van der Waals surface area contributed by atoms with E-state index in [1.54, 1.807) is 30.4 Å². The number of nitrogens with zero attached hydrogens (tertiary/aromatic N) is 2. The Morgan fingerprint density at radius 2 is 2.33 bits per heavy atom. The third kappa shape index (κ3) is 5.18. The van der Waals surface area contributed by atoms with Gasteiger partial charge in [-0.2, -0.15) is 0 Å². The molecule has 0 spiro atoms. The molecule has 0 saturated heterocycles. The quantitative estimate of drug-likeness (QED) is 0.623. The van der Waals surface area contributed by atoms with E-state index in [4.69, 9.17) is 10.5 Å². The third-order valence-electron chi connectivity index (χ3n) is 3.29. The van der Waals surface area contributed by atoms with Crippen LogP contribution in [0.25, 0.3) is 0 Å².